The van der Waals surface area contributed by atoms with E-state index in [2.05, 4.69) is 25.8 Å². The number of benzene rings is 1. The first-order valence-electron chi connectivity index (χ1n) is 8.92. The van der Waals surface area contributed by atoms with E-state index in [1.54, 1.807) is 0 Å². The minimum Gasteiger partial charge on any atom is -0.444 e. The number of alkyl carbamates (subject to hydrolysis) is 1. The number of carbonyl (C=O) groups is 2. The van der Waals surface area contributed by atoms with Gasteiger partial charge in [0.05, 0.1) is 6.42 Å². The number of H-pyrrole nitrogens is 1. The van der Waals surface area contributed by atoms with Crippen LogP contribution in [0.2, 0.25) is 0 Å². The number of nitrogens with one attached hydrogen (secondary N) is 3. The molecule has 9 heteroatoms. The first-order chi connectivity index (χ1) is 13.3. The summed E-state index contributed by atoms with van der Waals surface area (Å²) in [4.78, 5) is 29.5. The average molecular weight is 385 g/mol. The number of carbonyl (C=O) groups excluding carboxylic acids is 2. The van der Waals surface area contributed by atoms with Crippen molar-refractivity contribution in [3.8, 4) is 0 Å². The molecule has 2 aromatic heterocycles. The summed E-state index contributed by atoms with van der Waals surface area (Å²) in [5.41, 5.74) is 2.57. The van der Waals surface area contributed by atoms with Crippen molar-refractivity contribution < 1.29 is 18.8 Å². The highest BCUT2D eigenvalue weighted by molar-refractivity contribution is 5.84. The van der Waals surface area contributed by atoms with Crippen LogP contribution in [-0.4, -0.2) is 39.8 Å². The van der Waals surface area contributed by atoms with E-state index in [1.807, 2.05) is 45.2 Å². The topological polar surface area (TPSA) is 122 Å². The molecule has 3 aromatic rings. The SMILES string of the molecule is CC(C)(C)OC(=O)NCCc1c[nH]c2ccc(Cc3nc(NC=O)no3)cc12. The Morgan fingerprint density at radius 3 is 2.93 bits per heavy atom. The molecule has 3 rings (SSSR count). The number of aromatic nitrogens is 3. The number of nitrogens with zero attached hydrogens (tertiary/aromatic N) is 2. The van der Waals surface area contributed by atoms with Crippen LogP contribution in [0.25, 0.3) is 10.9 Å². The zero-order valence-corrected chi connectivity index (χ0v) is 16.0. The lowest BCUT2D eigenvalue weighted by atomic mass is 10.1. The zero-order valence-electron chi connectivity index (χ0n) is 16.0. The monoisotopic (exact) mass is 385 g/mol. The van der Waals surface area contributed by atoms with Crippen LogP contribution in [0.15, 0.2) is 28.9 Å². The van der Waals surface area contributed by atoms with Crippen molar-refractivity contribution >= 4 is 29.4 Å². The Bertz CT molecular complexity index is 970. The number of amides is 2. The molecule has 0 fully saturated rings. The van der Waals surface area contributed by atoms with Gasteiger partial charge in [0.1, 0.15) is 5.60 Å². The molecule has 148 valence electrons. The van der Waals surface area contributed by atoms with E-state index in [1.165, 1.54) is 0 Å². The second-order valence-corrected chi connectivity index (χ2v) is 7.32. The molecule has 0 radical (unpaired) electrons. The third-order valence-corrected chi connectivity index (χ3v) is 3.91. The highest BCUT2D eigenvalue weighted by Gasteiger charge is 2.16. The van der Waals surface area contributed by atoms with Crippen molar-refractivity contribution in [3.63, 3.8) is 0 Å². The van der Waals surface area contributed by atoms with Crippen molar-refractivity contribution in [1.82, 2.24) is 20.4 Å². The number of hydrogen-bond donors (Lipinski definition) is 3. The van der Waals surface area contributed by atoms with E-state index in [0.717, 1.165) is 22.0 Å². The van der Waals surface area contributed by atoms with Crippen molar-refractivity contribution in [2.45, 2.75) is 39.2 Å². The third-order valence-electron chi connectivity index (χ3n) is 3.91. The average Bonchev–Trinajstić information content (AvgIpc) is 3.21. The molecule has 0 saturated carbocycles. The zero-order chi connectivity index (χ0) is 20.1. The lowest BCUT2D eigenvalue weighted by molar-refractivity contribution is -0.105. The van der Waals surface area contributed by atoms with E-state index in [-0.39, 0.29) is 5.95 Å². The van der Waals surface area contributed by atoms with E-state index in [4.69, 9.17) is 9.26 Å². The molecule has 2 heterocycles. The maximum absolute atomic E-state index is 11.8. The largest absolute Gasteiger partial charge is 0.444 e. The van der Waals surface area contributed by atoms with Gasteiger partial charge in [0.2, 0.25) is 12.3 Å². The van der Waals surface area contributed by atoms with E-state index < -0.39 is 11.7 Å². The van der Waals surface area contributed by atoms with Gasteiger partial charge in [-0.2, -0.15) is 4.98 Å². The Morgan fingerprint density at radius 1 is 1.36 bits per heavy atom. The number of rotatable bonds is 7. The number of ether oxygens (including phenoxy) is 1. The minimum absolute atomic E-state index is 0.140. The van der Waals surface area contributed by atoms with Gasteiger partial charge >= 0.3 is 6.09 Å². The van der Waals surface area contributed by atoms with Crippen LogP contribution in [0.3, 0.4) is 0 Å². The van der Waals surface area contributed by atoms with Crippen molar-refractivity contribution in [3.05, 3.63) is 41.4 Å². The Morgan fingerprint density at radius 2 is 2.18 bits per heavy atom. The maximum atomic E-state index is 11.8. The Balaban J connectivity index is 1.64. The van der Waals surface area contributed by atoms with Gasteiger partial charge in [-0.15, -0.1) is 0 Å². The van der Waals surface area contributed by atoms with Crippen molar-refractivity contribution in [1.29, 1.82) is 0 Å². The number of anilines is 1. The Hall–Kier alpha value is -3.36. The number of aromatic amines is 1. The standard InChI is InChI=1S/C19H23N5O4/c1-19(2,3)27-18(26)20-7-6-13-10-21-15-5-4-12(8-14(13)15)9-16-23-17(22-11-25)24-28-16/h4-5,8,10-11,21H,6-7,9H2,1-3H3,(H,20,26)(H,22,24,25). The molecule has 0 aliphatic heterocycles. The Labute approximate surface area is 161 Å². The summed E-state index contributed by atoms with van der Waals surface area (Å²) in [5, 5.41) is 9.85. The highest BCUT2D eigenvalue weighted by atomic mass is 16.6. The van der Waals surface area contributed by atoms with Crippen LogP contribution in [0.4, 0.5) is 10.7 Å². The first kappa shape index (κ1) is 19.4. The smallest absolute Gasteiger partial charge is 0.407 e. The van der Waals surface area contributed by atoms with Crippen LogP contribution in [0, 0.1) is 0 Å². The van der Waals surface area contributed by atoms with Crippen LogP contribution >= 0.6 is 0 Å². The molecule has 0 bridgehead atoms. The van der Waals surface area contributed by atoms with Crippen LogP contribution in [0.5, 0.6) is 0 Å². The molecular weight excluding hydrogens is 362 g/mol. The van der Waals surface area contributed by atoms with Crippen molar-refractivity contribution in [2.75, 3.05) is 11.9 Å². The summed E-state index contributed by atoms with van der Waals surface area (Å²) in [6, 6.07) is 6.00. The van der Waals surface area contributed by atoms with Gasteiger partial charge in [0, 0.05) is 23.6 Å². The highest BCUT2D eigenvalue weighted by Crippen LogP contribution is 2.22. The third kappa shape index (κ3) is 5.09. The summed E-state index contributed by atoms with van der Waals surface area (Å²) >= 11 is 0. The van der Waals surface area contributed by atoms with Crippen LogP contribution in [0.1, 0.15) is 37.8 Å². The molecule has 2 amide bonds. The van der Waals surface area contributed by atoms with E-state index in [0.29, 0.717) is 31.7 Å². The lowest BCUT2D eigenvalue weighted by Crippen LogP contribution is -2.33. The second kappa shape index (κ2) is 8.12. The van der Waals surface area contributed by atoms with Gasteiger partial charge in [-0.1, -0.05) is 6.07 Å². The molecule has 1 aromatic carbocycles. The fraction of sp³-hybridized carbons (Fsp3) is 0.368. The fourth-order valence-corrected chi connectivity index (χ4v) is 2.77. The van der Waals surface area contributed by atoms with Gasteiger partial charge in [-0.25, -0.2) is 4.79 Å². The summed E-state index contributed by atoms with van der Waals surface area (Å²) in [5.74, 6) is 0.550. The number of hydrogen-bond acceptors (Lipinski definition) is 6. The summed E-state index contributed by atoms with van der Waals surface area (Å²) in [7, 11) is 0. The molecule has 9 nitrogen and oxygen atoms in total. The predicted octanol–water partition coefficient (Wildman–Crippen LogP) is 2.78. The normalized spacial score (nSPS) is 11.4. The van der Waals surface area contributed by atoms with Crippen LogP contribution < -0.4 is 10.6 Å². The molecule has 0 spiro atoms. The summed E-state index contributed by atoms with van der Waals surface area (Å²) < 4.78 is 10.4. The van der Waals surface area contributed by atoms with Crippen molar-refractivity contribution in [2.24, 2.45) is 0 Å². The van der Waals surface area contributed by atoms with E-state index in [9.17, 15) is 9.59 Å². The van der Waals surface area contributed by atoms with Gasteiger partial charge < -0.3 is 19.6 Å². The molecule has 0 atom stereocenters. The first-order valence-corrected chi connectivity index (χ1v) is 8.92. The molecule has 28 heavy (non-hydrogen) atoms. The number of fused-ring (bicyclic) bond motifs is 1. The van der Waals surface area contributed by atoms with Gasteiger partial charge in [-0.3, -0.25) is 10.1 Å². The summed E-state index contributed by atoms with van der Waals surface area (Å²) in [6.07, 6.45) is 3.12. The predicted molar refractivity (Wildman–Crippen MR) is 103 cm³/mol. The quantitative estimate of drug-likeness (QED) is 0.538. The van der Waals surface area contributed by atoms with Gasteiger partial charge in [0.25, 0.3) is 5.95 Å². The Kier molecular flexibility index (Phi) is 5.62. The summed E-state index contributed by atoms with van der Waals surface area (Å²) in [6.45, 7) is 5.95. The van der Waals surface area contributed by atoms with E-state index >= 15 is 0 Å². The van der Waals surface area contributed by atoms with Gasteiger partial charge in [-0.05, 0) is 55.6 Å². The second-order valence-electron chi connectivity index (χ2n) is 7.32. The molecular formula is C19H23N5O4. The molecule has 0 unspecified atom stereocenters. The molecule has 0 aliphatic rings. The van der Waals surface area contributed by atoms with Gasteiger partial charge in [0.15, 0.2) is 0 Å². The maximum Gasteiger partial charge on any atom is 0.407 e. The van der Waals surface area contributed by atoms with Crippen LogP contribution in [-0.2, 0) is 22.4 Å². The lowest BCUT2D eigenvalue weighted by Gasteiger charge is -2.19. The molecule has 0 aliphatic carbocycles. The minimum atomic E-state index is -0.518. The molecule has 3 N–H and O–H groups in total. The molecule has 0 saturated heterocycles. The fourth-order valence-electron chi connectivity index (χ4n) is 2.77.